The van der Waals surface area contributed by atoms with Crippen LogP contribution in [0.4, 0.5) is 11.6 Å². The zero-order chi connectivity index (χ0) is 21.0. The Labute approximate surface area is 174 Å². The Kier molecular flexibility index (Phi) is 6.72. The van der Waals surface area contributed by atoms with Gasteiger partial charge in [0.15, 0.2) is 0 Å². The molecule has 29 heavy (non-hydrogen) atoms. The predicted molar refractivity (Wildman–Crippen MR) is 119 cm³/mol. The van der Waals surface area contributed by atoms with Gasteiger partial charge in [-0.05, 0) is 50.5 Å². The number of amides is 1. The van der Waals surface area contributed by atoms with E-state index >= 15 is 0 Å². The van der Waals surface area contributed by atoms with Crippen molar-refractivity contribution in [2.75, 3.05) is 49.6 Å². The molecule has 1 saturated heterocycles. The van der Waals surface area contributed by atoms with E-state index in [4.69, 9.17) is 0 Å². The van der Waals surface area contributed by atoms with Gasteiger partial charge < -0.3 is 14.7 Å². The average molecular weight is 396 g/mol. The summed E-state index contributed by atoms with van der Waals surface area (Å²) < 4.78 is 0. The molecule has 0 aliphatic carbocycles. The molecular weight excluding hydrogens is 362 g/mol. The van der Waals surface area contributed by atoms with E-state index in [9.17, 15) is 4.79 Å². The summed E-state index contributed by atoms with van der Waals surface area (Å²) in [5.74, 6) is 0.636. The zero-order valence-corrected chi connectivity index (χ0v) is 18.4. The van der Waals surface area contributed by atoms with E-state index in [1.807, 2.05) is 23.8 Å². The summed E-state index contributed by atoms with van der Waals surface area (Å²) in [5, 5.41) is 0. The van der Waals surface area contributed by atoms with E-state index in [0.29, 0.717) is 24.7 Å². The molecule has 1 aliphatic heterocycles. The molecule has 1 aromatic carbocycles. The minimum absolute atomic E-state index is 0.00116. The largest absolute Gasteiger partial charge is 0.368 e. The van der Waals surface area contributed by atoms with Crippen LogP contribution >= 0.6 is 0 Å². The first-order valence-electron chi connectivity index (χ1n) is 10.6. The average Bonchev–Trinajstić information content (AvgIpc) is 2.73. The number of rotatable bonds is 6. The van der Waals surface area contributed by atoms with Crippen LogP contribution in [-0.2, 0) is 0 Å². The van der Waals surface area contributed by atoms with Gasteiger partial charge in [-0.1, -0.05) is 25.5 Å². The summed E-state index contributed by atoms with van der Waals surface area (Å²) in [7, 11) is 1.99. The number of benzene rings is 1. The number of aryl methyl sites for hydroxylation is 2. The number of carbonyl (C=O) groups excluding carboxylic acids is 1. The molecule has 0 spiro atoms. The highest BCUT2D eigenvalue weighted by Crippen LogP contribution is 2.24. The molecule has 1 fully saturated rings. The highest BCUT2D eigenvalue weighted by molar-refractivity contribution is 5.93. The van der Waals surface area contributed by atoms with Crippen molar-refractivity contribution in [1.29, 1.82) is 0 Å². The second kappa shape index (κ2) is 9.25. The normalized spacial score (nSPS) is 14.2. The Hall–Kier alpha value is -2.63. The molecule has 0 unspecified atom stereocenters. The number of hydrogen-bond donors (Lipinski definition) is 0. The van der Waals surface area contributed by atoms with Gasteiger partial charge in [-0.25, -0.2) is 9.97 Å². The minimum atomic E-state index is 0.00116. The Morgan fingerprint density at radius 3 is 2.52 bits per heavy atom. The van der Waals surface area contributed by atoms with Crippen LogP contribution in [-0.4, -0.2) is 60.5 Å². The van der Waals surface area contributed by atoms with E-state index in [0.717, 1.165) is 38.2 Å². The van der Waals surface area contributed by atoms with Crippen LogP contribution in [0.3, 0.4) is 0 Å². The molecular formula is C23H33N5O. The lowest BCUT2D eigenvalue weighted by Crippen LogP contribution is -2.49. The lowest BCUT2D eigenvalue weighted by molar-refractivity contribution is 0.0740. The first-order chi connectivity index (χ1) is 13.9. The topological polar surface area (TPSA) is 52.6 Å². The minimum Gasteiger partial charge on any atom is -0.368 e. The van der Waals surface area contributed by atoms with Gasteiger partial charge in [0.2, 0.25) is 5.95 Å². The van der Waals surface area contributed by atoms with Crippen LogP contribution in [0.15, 0.2) is 24.3 Å². The van der Waals surface area contributed by atoms with Crippen molar-refractivity contribution in [3.8, 4) is 0 Å². The Morgan fingerprint density at radius 2 is 1.83 bits per heavy atom. The van der Waals surface area contributed by atoms with E-state index in [2.05, 4.69) is 53.8 Å². The van der Waals surface area contributed by atoms with E-state index in [1.165, 1.54) is 16.8 Å². The van der Waals surface area contributed by atoms with Gasteiger partial charge in [0, 0.05) is 51.2 Å². The van der Waals surface area contributed by atoms with Gasteiger partial charge in [0.05, 0.1) is 0 Å². The number of piperazine rings is 1. The lowest BCUT2D eigenvalue weighted by Gasteiger charge is -2.37. The van der Waals surface area contributed by atoms with Crippen LogP contribution in [0, 0.1) is 20.8 Å². The Balaban J connectivity index is 1.69. The molecule has 6 nitrogen and oxygen atoms in total. The number of aromatic nitrogens is 2. The summed E-state index contributed by atoms with van der Waals surface area (Å²) in [5.41, 5.74) is 5.22. The first kappa shape index (κ1) is 21.1. The highest BCUT2D eigenvalue weighted by Gasteiger charge is 2.25. The molecule has 156 valence electrons. The van der Waals surface area contributed by atoms with Gasteiger partial charge in [0.25, 0.3) is 5.91 Å². The highest BCUT2D eigenvalue weighted by atomic mass is 16.2. The van der Waals surface area contributed by atoms with E-state index < -0.39 is 0 Å². The summed E-state index contributed by atoms with van der Waals surface area (Å²) in [6, 6.07) is 8.23. The molecule has 0 atom stereocenters. The third-order valence-corrected chi connectivity index (χ3v) is 5.73. The fraction of sp³-hybridized carbons (Fsp3) is 0.522. The van der Waals surface area contributed by atoms with Gasteiger partial charge in [-0.15, -0.1) is 0 Å². The van der Waals surface area contributed by atoms with Crippen molar-refractivity contribution < 1.29 is 4.79 Å². The van der Waals surface area contributed by atoms with Crippen LogP contribution in [0.1, 0.15) is 47.1 Å². The number of anilines is 2. The molecule has 2 aromatic rings. The third kappa shape index (κ3) is 4.86. The van der Waals surface area contributed by atoms with Gasteiger partial charge in [-0.2, -0.15) is 0 Å². The lowest BCUT2D eigenvalue weighted by atomic mass is 10.1. The second-order valence-electron chi connectivity index (χ2n) is 7.97. The van der Waals surface area contributed by atoms with Crippen molar-refractivity contribution in [1.82, 2.24) is 14.9 Å². The number of nitrogens with zero attached hydrogens (tertiary/aromatic N) is 5. The molecule has 3 rings (SSSR count). The SMILES string of the molecule is CCCCN(C)c1nc(C)cc(C(=O)N2CCN(c3cccc(C)c3C)CC2)n1. The maximum atomic E-state index is 13.1. The van der Waals surface area contributed by atoms with Crippen molar-refractivity contribution in [3.63, 3.8) is 0 Å². The molecule has 1 aromatic heterocycles. The van der Waals surface area contributed by atoms with Crippen molar-refractivity contribution in [2.24, 2.45) is 0 Å². The number of carbonyl (C=O) groups is 1. The molecule has 1 amide bonds. The van der Waals surface area contributed by atoms with Gasteiger partial charge in [0.1, 0.15) is 5.69 Å². The monoisotopic (exact) mass is 395 g/mol. The second-order valence-corrected chi connectivity index (χ2v) is 7.97. The maximum absolute atomic E-state index is 13.1. The van der Waals surface area contributed by atoms with Crippen LogP contribution in [0.2, 0.25) is 0 Å². The fourth-order valence-electron chi connectivity index (χ4n) is 3.72. The first-order valence-corrected chi connectivity index (χ1v) is 10.6. The van der Waals surface area contributed by atoms with Gasteiger partial charge in [-0.3, -0.25) is 4.79 Å². The molecule has 0 bridgehead atoms. The standard InChI is InChI=1S/C23H33N5O/c1-6-7-11-26(5)23-24-18(3)16-20(25-23)22(29)28-14-12-27(13-15-28)21-10-8-9-17(2)19(21)4/h8-10,16H,6-7,11-15H2,1-5H3. The fourth-order valence-corrected chi connectivity index (χ4v) is 3.72. The number of hydrogen-bond acceptors (Lipinski definition) is 5. The molecule has 2 heterocycles. The predicted octanol–water partition coefficient (Wildman–Crippen LogP) is 3.60. The maximum Gasteiger partial charge on any atom is 0.272 e. The van der Waals surface area contributed by atoms with Crippen LogP contribution in [0.5, 0.6) is 0 Å². The summed E-state index contributed by atoms with van der Waals surface area (Å²) in [6.07, 6.45) is 2.20. The molecule has 0 radical (unpaired) electrons. The van der Waals surface area contributed by atoms with Crippen molar-refractivity contribution in [3.05, 3.63) is 46.8 Å². The van der Waals surface area contributed by atoms with Crippen molar-refractivity contribution >= 4 is 17.5 Å². The third-order valence-electron chi connectivity index (χ3n) is 5.73. The van der Waals surface area contributed by atoms with Crippen molar-refractivity contribution in [2.45, 2.75) is 40.5 Å². The Bertz CT molecular complexity index is 858. The molecule has 0 saturated carbocycles. The molecule has 0 N–H and O–H groups in total. The molecule has 1 aliphatic rings. The van der Waals surface area contributed by atoms with Crippen LogP contribution < -0.4 is 9.80 Å². The zero-order valence-electron chi connectivity index (χ0n) is 18.4. The summed E-state index contributed by atoms with van der Waals surface area (Å²) in [6.45, 7) is 12.4. The van der Waals surface area contributed by atoms with Crippen LogP contribution in [0.25, 0.3) is 0 Å². The Morgan fingerprint density at radius 1 is 1.10 bits per heavy atom. The quantitative estimate of drug-likeness (QED) is 0.748. The van der Waals surface area contributed by atoms with E-state index in [1.54, 1.807) is 6.07 Å². The molecule has 6 heteroatoms. The summed E-state index contributed by atoms with van der Waals surface area (Å²) >= 11 is 0. The van der Waals surface area contributed by atoms with Gasteiger partial charge >= 0.3 is 0 Å². The smallest absolute Gasteiger partial charge is 0.272 e. The van der Waals surface area contributed by atoms with E-state index in [-0.39, 0.29) is 5.91 Å². The summed E-state index contributed by atoms with van der Waals surface area (Å²) in [4.78, 5) is 28.5. The number of unbranched alkanes of at least 4 members (excludes halogenated alkanes) is 1.